The first-order chi connectivity index (χ1) is 3.46. The molecule has 2 N–H and O–H groups in total. The molecule has 0 unspecified atom stereocenters. The summed E-state index contributed by atoms with van der Waals surface area (Å²) in [6, 6.07) is 0. The van der Waals surface area contributed by atoms with Crippen molar-refractivity contribution < 1.29 is 87.8 Å². The van der Waals surface area contributed by atoms with Crippen LogP contribution in [0.1, 0.15) is 0 Å². The van der Waals surface area contributed by atoms with E-state index in [0.717, 1.165) is 0 Å². The van der Waals surface area contributed by atoms with E-state index in [1.807, 2.05) is 0 Å². The van der Waals surface area contributed by atoms with Crippen molar-refractivity contribution in [2.45, 2.75) is 0 Å². The summed E-state index contributed by atoms with van der Waals surface area (Å²) in [4.78, 5) is 31.4. The number of rotatable bonds is 0. The van der Waals surface area contributed by atoms with Crippen LogP contribution in [0.2, 0.25) is 0 Å². The average Bonchev–Trinajstić information content (AvgIpc) is 1.25. The fourth-order valence-electron chi connectivity index (χ4n) is 0. The molecule has 10 heavy (non-hydrogen) atoms. The molecule has 0 heterocycles. The Bertz CT molecular complexity index is 71.7. The third-order valence-electron chi connectivity index (χ3n) is 0. The smallest absolute Gasteiger partial charge is 0.813 e. The van der Waals surface area contributed by atoms with Crippen molar-refractivity contribution in [2.24, 2.45) is 0 Å². The maximum atomic E-state index is 8.74. The summed E-state index contributed by atoms with van der Waals surface area (Å²) in [6.07, 6.45) is 0. The van der Waals surface area contributed by atoms with Gasteiger partial charge in [0.25, 0.3) is 0 Å². The Balaban J connectivity index is -0.0000000300. The summed E-state index contributed by atoms with van der Waals surface area (Å²) in [5.74, 6) is 0. The topological polar surface area (TPSA) is 121 Å². The van der Waals surface area contributed by atoms with Crippen molar-refractivity contribution in [3.63, 3.8) is 0 Å². The van der Waals surface area contributed by atoms with Crippen LogP contribution in [-0.4, -0.2) is 9.79 Å². The summed E-state index contributed by atoms with van der Waals surface area (Å²) in [7, 11) is -6.76. The predicted octanol–water partition coefficient (Wildman–Crippen LogP) is -8.53. The zero-order chi connectivity index (χ0) is 7.15. The van der Waals surface area contributed by atoms with Gasteiger partial charge in [0.1, 0.15) is 0 Å². The molecule has 0 aromatic heterocycles. The molecular formula is H4Na2O6P2. The van der Waals surface area contributed by atoms with Gasteiger partial charge in [0.15, 0.2) is 0 Å². The predicted molar refractivity (Wildman–Crippen MR) is 22.4 cm³/mol. The van der Waals surface area contributed by atoms with Crippen molar-refractivity contribution >= 4 is 16.5 Å². The number of hydrogen-bond acceptors (Lipinski definition) is 4. The minimum absolute atomic E-state index is 0. The normalized spacial score (nSPS) is 7.00. The molecule has 0 amide bonds. The van der Waals surface area contributed by atoms with Crippen LogP contribution in [0.5, 0.6) is 0 Å². The monoisotopic (exact) mass is 208 g/mol. The molecule has 0 aliphatic heterocycles. The molecule has 0 aromatic carbocycles. The van der Waals surface area contributed by atoms with Crippen molar-refractivity contribution in [2.75, 3.05) is 0 Å². The molecule has 10 heteroatoms. The van der Waals surface area contributed by atoms with Crippen LogP contribution in [-0.2, 0) is 9.13 Å². The van der Waals surface area contributed by atoms with Gasteiger partial charge in [0.05, 0.1) is 0 Å². The molecule has 0 bridgehead atoms. The Hall–Kier alpha value is 2.30. The van der Waals surface area contributed by atoms with Crippen LogP contribution in [0.15, 0.2) is 0 Å². The van der Waals surface area contributed by atoms with Crippen molar-refractivity contribution in [3.05, 3.63) is 0 Å². The van der Waals surface area contributed by atoms with Crippen molar-refractivity contribution in [1.82, 2.24) is 0 Å². The molecule has 0 aliphatic carbocycles. The van der Waals surface area contributed by atoms with E-state index in [9.17, 15) is 0 Å². The molecule has 0 saturated carbocycles. The molecule has 0 atom stereocenters. The summed E-state index contributed by atoms with van der Waals surface area (Å²) < 4.78 is 17.3. The Morgan fingerprint density at radius 2 is 1.00 bits per heavy atom. The second-order valence-corrected chi connectivity index (χ2v) is 1.60. The van der Waals surface area contributed by atoms with Crippen molar-refractivity contribution in [1.29, 1.82) is 0 Å². The van der Waals surface area contributed by atoms with E-state index in [4.69, 9.17) is 28.7 Å². The first-order valence-corrected chi connectivity index (χ1v) is 3.79. The standard InChI is InChI=1S/2Na.2H3O3P/c;;2*1-4(2)3/h;;2*4H,(H2,1,2,3)/q2*+1;;/p-2. The van der Waals surface area contributed by atoms with E-state index in [-0.39, 0.29) is 59.1 Å². The van der Waals surface area contributed by atoms with Gasteiger partial charge in [0.2, 0.25) is 0 Å². The fraction of sp³-hybridized carbons (Fsp3) is 0. The summed E-state index contributed by atoms with van der Waals surface area (Å²) in [6.45, 7) is 0. The second kappa shape index (κ2) is 17.4. The number of hydrogen-bond donors (Lipinski definition) is 2. The molecule has 0 aromatic rings. The van der Waals surface area contributed by atoms with Gasteiger partial charge in [-0.3, -0.25) is 4.57 Å². The first kappa shape index (κ1) is 22.8. The molecule has 0 radical (unpaired) electrons. The van der Waals surface area contributed by atoms with Gasteiger partial charge >= 0.3 is 67.4 Å². The summed E-state index contributed by atoms with van der Waals surface area (Å²) in [5, 5.41) is 0. The maximum Gasteiger partial charge on any atom is 1.00 e. The van der Waals surface area contributed by atoms with Crippen LogP contribution in [0.25, 0.3) is 0 Å². The minimum Gasteiger partial charge on any atom is -0.813 e. The molecule has 0 rings (SSSR count). The van der Waals surface area contributed by atoms with Crippen molar-refractivity contribution in [3.8, 4) is 0 Å². The summed E-state index contributed by atoms with van der Waals surface area (Å²) >= 11 is 0. The molecule has 0 spiro atoms. The third-order valence-corrected chi connectivity index (χ3v) is 0. The minimum atomic E-state index is -3.63. The van der Waals surface area contributed by atoms with Gasteiger partial charge in [-0.2, -0.15) is 0 Å². The van der Waals surface area contributed by atoms with E-state index in [1.165, 1.54) is 0 Å². The van der Waals surface area contributed by atoms with Gasteiger partial charge in [-0.25, -0.2) is 0 Å². The largest absolute Gasteiger partial charge is 1.00 e. The van der Waals surface area contributed by atoms with E-state index >= 15 is 0 Å². The molecule has 0 aliphatic rings. The molecule has 52 valence electrons. The average molecular weight is 208 g/mol. The Kier molecular flexibility index (Phi) is 39.7. The van der Waals surface area contributed by atoms with E-state index in [0.29, 0.717) is 0 Å². The third kappa shape index (κ3) is 168. The van der Waals surface area contributed by atoms with Gasteiger partial charge in [-0.1, -0.05) is 8.25 Å². The van der Waals surface area contributed by atoms with Gasteiger partial charge in [-0.15, -0.1) is 0 Å². The zero-order valence-corrected chi connectivity index (χ0v) is 11.5. The van der Waals surface area contributed by atoms with E-state index in [1.54, 1.807) is 0 Å². The van der Waals surface area contributed by atoms with Crippen LogP contribution in [0.3, 0.4) is 0 Å². The Labute approximate surface area is 103 Å². The second-order valence-electron chi connectivity index (χ2n) is 0.533. The van der Waals surface area contributed by atoms with Crippen LogP contribution in [0.4, 0.5) is 0 Å². The maximum absolute atomic E-state index is 8.74. The van der Waals surface area contributed by atoms with Gasteiger partial charge in [0, 0.05) is 0 Å². The zero-order valence-electron chi connectivity index (χ0n) is 5.53. The quantitative estimate of drug-likeness (QED) is 0.301. The molecular weight excluding hydrogens is 204 g/mol. The van der Waals surface area contributed by atoms with Crippen LogP contribution >= 0.6 is 16.5 Å². The molecule has 0 fully saturated rings. The fourth-order valence-corrected chi connectivity index (χ4v) is 0. The molecule has 6 nitrogen and oxygen atoms in total. The Morgan fingerprint density at radius 3 is 1.00 bits per heavy atom. The van der Waals surface area contributed by atoms with E-state index in [2.05, 4.69) is 0 Å². The Morgan fingerprint density at radius 1 is 1.00 bits per heavy atom. The van der Waals surface area contributed by atoms with Gasteiger partial charge in [-0.05, 0) is 0 Å². The molecule has 0 saturated heterocycles. The summed E-state index contributed by atoms with van der Waals surface area (Å²) in [5.41, 5.74) is 0. The SMILES string of the molecule is O=[PH](O)O.O=[PH]([O-])[O-].[Na+].[Na+]. The van der Waals surface area contributed by atoms with Crippen LogP contribution in [0, 0.1) is 0 Å². The van der Waals surface area contributed by atoms with Gasteiger partial charge < -0.3 is 24.1 Å². The van der Waals surface area contributed by atoms with Crippen LogP contribution < -0.4 is 68.9 Å². The first-order valence-electron chi connectivity index (χ1n) is 1.26. The van der Waals surface area contributed by atoms with E-state index < -0.39 is 16.5 Å².